The van der Waals surface area contributed by atoms with E-state index in [-0.39, 0.29) is 0 Å². The Morgan fingerprint density at radius 2 is 1.52 bits per heavy atom. The van der Waals surface area contributed by atoms with Gasteiger partial charge in [-0.2, -0.15) is 0 Å². The van der Waals surface area contributed by atoms with Crippen LogP contribution in [-0.2, 0) is 17.8 Å². The van der Waals surface area contributed by atoms with Crippen molar-refractivity contribution in [3.63, 3.8) is 0 Å². The van der Waals surface area contributed by atoms with E-state index in [2.05, 4.69) is 92.7 Å². The van der Waals surface area contributed by atoms with E-state index in [1.54, 1.807) is 0 Å². The highest BCUT2D eigenvalue weighted by atomic mass is 16.1. The monoisotopic (exact) mass is 412 g/mol. The summed E-state index contributed by atoms with van der Waals surface area (Å²) in [6.07, 6.45) is 2.93. The predicted molar refractivity (Wildman–Crippen MR) is 128 cm³/mol. The van der Waals surface area contributed by atoms with Gasteiger partial charge in [-0.25, -0.2) is 0 Å². The molecule has 2 heteroatoms. The lowest BCUT2D eigenvalue weighted by Gasteiger charge is -2.44. The van der Waals surface area contributed by atoms with Gasteiger partial charge in [0, 0.05) is 17.9 Å². The maximum atomic E-state index is 13.4. The van der Waals surface area contributed by atoms with Crippen LogP contribution in [0.2, 0.25) is 0 Å². The van der Waals surface area contributed by atoms with Crippen LogP contribution in [0.3, 0.4) is 0 Å². The lowest BCUT2D eigenvalue weighted by Crippen LogP contribution is -2.55. The highest BCUT2D eigenvalue weighted by Gasteiger charge is 2.37. The van der Waals surface area contributed by atoms with Gasteiger partial charge in [-0.3, -0.25) is 4.79 Å². The molecule has 1 saturated heterocycles. The van der Waals surface area contributed by atoms with Crippen LogP contribution >= 0.6 is 0 Å². The van der Waals surface area contributed by atoms with E-state index in [1.807, 2.05) is 0 Å². The van der Waals surface area contributed by atoms with Gasteiger partial charge in [0.1, 0.15) is 13.1 Å². The molecule has 0 saturated carbocycles. The molecule has 0 amide bonds. The number of benzene rings is 3. The van der Waals surface area contributed by atoms with Crippen molar-refractivity contribution >= 4 is 5.78 Å². The molecular weight excluding hydrogens is 378 g/mol. The van der Waals surface area contributed by atoms with Crippen LogP contribution in [-0.4, -0.2) is 29.9 Å². The molecule has 2 atom stereocenters. The summed E-state index contributed by atoms with van der Waals surface area (Å²) in [5.74, 6) is 0.883. The number of hydrogen-bond acceptors (Lipinski definition) is 1. The Morgan fingerprint density at radius 1 is 0.871 bits per heavy atom. The van der Waals surface area contributed by atoms with Crippen LogP contribution < -0.4 is 0 Å². The van der Waals surface area contributed by atoms with Gasteiger partial charge in [0.25, 0.3) is 0 Å². The van der Waals surface area contributed by atoms with Gasteiger partial charge < -0.3 is 4.48 Å². The number of Topliss-reactive ketones (excluding diaryl/α,β-unsaturated/α-hetero) is 1. The van der Waals surface area contributed by atoms with Crippen LogP contribution in [0.15, 0.2) is 78.9 Å². The first-order valence-corrected chi connectivity index (χ1v) is 11.6. The number of carbonyl (C=O) groups is 1. The standard InChI is InChI=1S/C29H34NO/c1-23-11-9-12-24(2)29(23)19-28(31)22-30(20-25-13-5-3-6-14-25)18-10-17-27(21-30)26-15-7-4-8-16-26/h3-9,11-16,27H,10,17-22H2,1-2H3/q+1. The zero-order chi connectivity index (χ0) is 21.7. The van der Waals surface area contributed by atoms with Crippen molar-refractivity contribution in [1.29, 1.82) is 0 Å². The largest absolute Gasteiger partial charge is 0.313 e. The fourth-order valence-corrected chi connectivity index (χ4v) is 5.39. The minimum Gasteiger partial charge on any atom is -0.313 e. The number of carbonyl (C=O) groups excluding carboxylic acids is 1. The fourth-order valence-electron chi connectivity index (χ4n) is 5.39. The number of quaternary nitrogens is 1. The molecule has 0 aliphatic carbocycles. The lowest BCUT2D eigenvalue weighted by molar-refractivity contribution is -0.939. The maximum Gasteiger partial charge on any atom is 0.191 e. The van der Waals surface area contributed by atoms with Gasteiger partial charge >= 0.3 is 0 Å². The summed E-state index contributed by atoms with van der Waals surface area (Å²) < 4.78 is 0.868. The summed E-state index contributed by atoms with van der Waals surface area (Å²) in [7, 11) is 0. The average Bonchev–Trinajstić information content (AvgIpc) is 2.78. The van der Waals surface area contributed by atoms with Gasteiger partial charge in [-0.05, 0) is 48.9 Å². The summed E-state index contributed by atoms with van der Waals surface area (Å²) in [5.41, 5.74) is 6.41. The molecule has 0 radical (unpaired) electrons. The van der Waals surface area contributed by atoms with Crippen molar-refractivity contribution < 1.29 is 9.28 Å². The van der Waals surface area contributed by atoms with Gasteiger partial charge in [0.2, 0.25) is 0 Å². The van der Waals surface area contributed by atoms with Crippen molar-refractivity contribution in [2.45, 2.75) is 45.6 Å². The summed E-state index contributed by atoms with van der Waals surface area (Å²) in [6, 6.07) is 27.9. The molecule has 3 aromatic rings. The number of nitrogens with zero attached hydrogens (tertiary/aromatic N) is 1. The first kappa shape index (κ1) is 21.5. The number of ketones is 1. The van der Waals surface area contributed by atoms with E-state index < -0.39 is 0 Å². The SMILES string of the molecule is Cc1cccc(C)c1CC(=O)C[N+]1(Cc2ccccc2)CCCC(c2ccccc2)C1. The minimum absolute atomic E-state index is 0.363. The second-order valence-corrected chi connectivity index (χ2v) is 9.39. The molecule has 0 N–H and O–H groups in total. The van der Waals surface area contributed by atoms with E-state index in [9.17, 15) is 4.79 Å². The Labute approximate surface area is 187 Å². The van der Waals surface area contributed by atoms with E-state index in [1.165, 1.54) is 40.7 Å². The predicted octanol–water partition coefficient (Wildman–Crippen LogP) is 6.01. The summed E-state index contributed by atoms with van der Waals surface area (Å²) in [5, 5.41) is 0. The maximum absolute atomic E-state index is 13.4. The lowest BCUT2D eigenvalue weighted by atomic mass is 9.88. The van der Waals surface area contributed by atoms with E-state index >= 15 is 0 Å². The zero-order valence-electron chi connectivity index (χ0n) is 18.9. The van der Waals surface area contributed by atoms with Gasteiger partial charge in [-0.15, -0.1) is 0 Å². The zero-order valence-corrected chi connectivity index (χ0v) is 18.9. The highest BCUT2D eigenvalue weighted by Crippen LogP contribution is 2.33. The molecule has 0 aromatic heterocycles. The van der Waals surface area contributed by atoms with E-state index in [4.69, 9.17) is 0 Å². The number of rotatable bonds is 7. The van der Waals surface area contributed by atoms with E-state index in [0.29, 0.717) is 24.7 Å². The minimum atomic E-state index is 0.363. The van der Waals surface area contributed by atoms with Crippen molar-refractivity contribution in [3.8, 4) is 0 Å². The van der Waals surface area contributed by atoms with Crippen molar-refractivity contribution in [2.24, 2.45) is 0 Å². The fraction of sp³-hybridized carbons (Fsp3) is 0.345. The third-order valence-electron chi connectivity index (χ3n) is 6.95. The first-order valence-electron chi connectivity index (χ1n) is 11.6. The van der Waals surface area contributed by atoms with Crippen molar-refractivity contribution in [2.75, 3.05) is 19.6 Å². The Hall–Kier alpha value is -2.71. The number of likely N-dealkylation sites (tertiary alicyclic amines) is 1. The second-order valence-electron chi connectivity index (χ2n) is 9.39. The van der Waals surface area contributed by atoms with Crippen LogP contribution in [0.1, 0.15) is 46.6 Å². The molecular formula is C29H34NO+. The molecule has 160 valence electrons. The summed E-state index contributed by atoms with van der Waals surface area (Å²) in [4.78, 5) is 13.4. The van der Waals surface area contributed by atoms with Gasteiger partial charge in [0.15, 0.2) is 5.78 Å². The number of piperidine rings is 1. The second kappa shape index (κ2) is 9.62. The molecule has 1 fully saturated rings. The molecule has 31 heavy (non-hydrogen) atoms. The third kappa shape index (κ3) is 5.32. The topological polar surface area (TPSA) is 17.1 Å². The third-order valence-corrected chi connectivity index (χ3v) is 6.95. The molecule has 4 rings (SSSR count). The first-order chi connectivity index (χ1) is 15.0. The van der Waals surface area contributed by atoms with E-state index in [0.717, 1.165) is 24.1 Å². The molecule has 2 unspecified atom stereocenters. The van der Waals surface area contributed by atoms with Gasteiger partial charge in [0.05, 0.1) is 13.1 Å². The molecule has 0 bridgehead atoms. The quantitative estimate of drug-likeness (QED) is 0.434. The summed E-state index contributed by atoms with van der Waals surface area (Å²) >= 11 is 0. The highest BCUT2D eigenvalue weighted by molar-refractivity contribution is 5.82. The van der Waals surface area contributed by atoms with Gasteiger partial charge in [-0.1, -0.05) is 78.9 Å². The number of aryl methyl sites for hydroxylation is 2. The van der Waals surface area contributed by atoms with Crippen LogP contribution in [0.5, 0.6) is 0 Å². The molecule has 2 nitrogen and oxygen atoms in total. The number of hydrogen-bond donors (Lipinski definition) is 0. The Morgan fingerprint density at radius 3 is 2.19 bits per heavy atom. The Kier molecular flexibility index (Phi) is 6.67. The van der Waals surface area contributed by atoms with Crippen LogP contribution in [0, 0.1) is 13.8 Å². The summed E-state index contributed by atoms with van der Waals surface area (Å²) in [6.45, 7) is 7.91. The van der Waals surface area contributed by atoms with Crippen LogP contribution in [0.4, 0.5) is 0 Å². The molecule has 0 spiro atoms. The van der Waals surface area contributed by atoms with Crippen LogP contribution in [0.25, 0.3) is 0 Å². The van der Waals surface area contributed by atoms with Crippen molar-refractivity contribution in [3.05, 3.63) is 107 Å². The smallest absolute Gasteiger partial charge is 0.191 e. The normalized spacial score (nSPS) is 21.0. The molecule has 3 aromatic carbocycles. The Balaban J connectivity index is 1.58. The Bertz CT molecular complexity index is 991. The van der Waals surface area contributed by atoms with Crippen molar-refractivity contribution in [1.82, 2.24) is 0 Å². The molecule has 1 aliphatic heterocycles. The average molecular weight is 413 g/mol. The molecule has 1 heterocycles. The molecule has 1 aliphatic rings.